The molecular weight excluding hydrogens is 342 g/mol. The quantitative estimate of drug-likeness (QED) is 0.636. The van der Waals surface area contributed by atoms with E-state index in [2.05, 4.69) is 9.98 Å². The first-order valence-corrected chi connectivity index (χ1v) is 9.75. The summed E-state index contributed by atoms with van der Waals surface area (Å²) < 4.78 is 0. The van der Waals surface area contributed by atoms with Crippen LogP contribution in [0.3, 0.4) is 0 Å². The Morgan fingerprint density at radius 3 is 2.53 bits per heavy atom. The number of aromatic hydroxyl groups is 1. The molecule has 0 unspecified atom stereocenters. The van der Waals surface area contributed by atoms with E-state index in [1.54, 1.807) is 30.5 Å². The number of hydrogen-bond acceptors (Lipinski definition) is 3. The fourth-order valence-corrected chi connectivity index (χ4v) is 1.38. The Morgan fingerprint density at radius 2 is 1.89 bits per heavy atom. The topological polar surface area (TPSA) is 45.5 Å². The molecule has 1 aromatic carbocycles. The van der Waals surface area contributed by atoms with Crippen molar-refractivity contribution in [3.8, 4) is 5.75 Å². The normalized spacial score (nSPS) is 9.84. The first-order chi connectivity index (χ1) is 9.19. The van der Waals surface area contributed by atoms with Gasteiger partial charge in [0.15, 0.2) is 5.82 Å². The van der Waals surface area contributed by atoms with Crippen LogP contribution in [0.5, 0.6) is 5.75 Å². The van der Waals surface area contributed by atoms with Crippen LogP contribution in [-0.4, -0.2) is 16.3 Å². The SMILES string of the molecule is Oc1c(Cl)cccc1C=Nc1ccccn1.[Cl][Ti][Cl]. The molecule has 1 heterocycles. The molecule has 0 spiro atoms. The molecule has 1 aromatic heterocycles. The van der Waals surface area contributed by atoms with Gasteiger partial charge < -0.3 is 5.11 Å². The van der Waals surface area contributed by atoms with Crippen LogP contribution in [0.15, 0.2) is 47.6 Å². The monoisotopic (exact) mass is 350 g/mol. The minimum atomic E-state index is -0.556. The van der Waals surface area contributed by atoms with Crippen LogP contribution < -0.4 is 0 Å². The molecule has 0 radical (unpaired) electrons. The molecule has 98 valence electrons. The maximum atomic E-state index is 9.63. The van der Waals surface area contributed by atoms with Gasteiger partial charge in [0.2, 0.25) is 0 Å². The molecule has 3 nitrogen and oxygen atoms in total. The Labute approximate surface area is 132 Å². The zero-order valence-corrected chi connectivity index (χ0v) is 13.4. The van der Waals surface area contributed by atoms with Crippen LogP contribution in [0.2, 0.25) is 5.02 Å². The molecule has 0 bridgehead atoms. The molecule has 0 aliphatic heterocycles. The van der Waals surface area contributed by atoms with Crippen LogP contribution in [-0.2, 0) is 17.0 Å². The second-order valence-electron chi connectivity index (χ2n) is 3.20. The summed E-state index contributed by atoms with van der Waals surface area (Å²) in [6, 6.07) is 10.5. The molecular formula is C12H9Cl3N2OTi. The minimum absolute atomic E-state index is 0.0313. The maximum absolute atomic E-state index is 9.63. The number of hydrogen-bond donors (Lipinski definition) is 1. The van der Waals surface area contributed by atoms with Gasteiger partial charge in [-0.1, -0.05) is 23.7 Å². The predicted octanol–water partition coefficient (Wildman–Crippen LogP) is 4.57. The summed E-state index contributed by atoms with van der Waals surface area (Å²) in [4.78, 5) is 8.16. The van der Waals surface area contributed by atoms with E-state index in [0.717, 1.165) is 0 Å². The molecule has 0 aliphatic carbocycles. The zero-order chi connectivity index (χ0) is 14.1. The fourth-order valence-electron chi connectivity index (χ4n) is 1.20. The van der Waals surface area contributed by atoms with Crippen molar-refractivity contribution in [3.63, 3.8) is 0 Å². The third-order valence-electron chi connectivity index (χ3n) is 2.00. The van der Waals surface area contributed by atoms with Gasteiger partial charge in [-0.05, 0) is 24.3 Å². The van der Waals surface area contributed by atoms with Crippen LogP contribution >= 0.6 is 30.2 Å². The van der Waals surface area contributed by atoms with Gasteiger partial charge in [0.25, 0.3) is 0 Å². The van der Waals surface area contributed by atoms with Gasteiger partial charge in [-0.3, -0.25) is 0 Å². The van der Waals surface area contributed by atoms with Gasteiger partial charge in [0.05, 0.1) is 5.02 Å². The van der Waals surface area contributed by atoms with Crippen molar-refractivity contribution in [2.45, 2.75) is 0 Å². The number of benzene rings is 1. The Balaban J connectivity index is 0.000000550. The average molecular weight is 351 g/mol. The molecule has 0 fully saturated rings. The number of aliphatic imine (C=N–C) groups is 1. The molecule has 19 heavy (non-hydrogen) atoms. The summed E-state index contributed by atoms with van der Waals surface area (Å²) in [5.41, 5.74) is 0.568. The van der Waals surface area contributed by atoms with E-state index in [1.165, 1.54) is 6.21 Å². The first kappa shape index (κ1) is 16.5. The molecule has 0 saturated heterocycles. The molecule has 0 amide bonds. The number of rotatable bonds is 2. The number of phenolic OH excluding ortho intramolecular Hbond substituents is 1. The number of phenols is 1. The van der Waals surface area contributed by atoms with Gasteiger partial charge in [0.1, 0.15) is 5.75 Å². The van der Waals surface area contributed by atoms with Crippen molar-refractivity contribution >= 4 is 42.2 Å². The summed E-state index contributed by atoms with van der Waals surface area (Å²) in [7, 11) is 9.78. The van der Waals surface area contributed by atoms with Gasteiger partial charge in [0, 0.05) is 18.0 Å². The van der Waals surface area contributed by atoms with E-state index in [4.69, 9.17) is 30.2 Å². The second kappa shape index (κ2) is 9.35. The number of para-hydroxylation sites is 1. The van der Waals surface area contributed by atoms with Crippen molar-refractivity contribution in [2.75, 3.05) is 0 Å². The molecule has 0 saturated carbocycles. The Bertz CT molecular complexity index is 538. The number of aromatic nitrogens is 1. The number of pyridine rings is 1. The van der Waals surface area contributed by atoms with E-state index < -0.39 is 17.0 Å². The van der Waals surface area contributed by atoms with Crippen LogP contribution in [0, 0.1) is 0 Å². The second-order valence-corrected chi connectivity index (χ2v) is 6.18. The summed E-state index contributed by atoms with van der Waals surface area (Å²) in [5, 5.41) is 9.94. The first-order valence-electron chi connectivity index (χ1n) is 5.08. The van der Waals surface area contributed by atoms with E-state index in [1.807, 2.05) is 12.1 Å². The van der Waals surface area contributed by atoms with Gasteiger partial charge >= 0.3 is 35.6 Å². The van der Waals surface area contributed by atoms with E-state index in [9.17, 15) is 5.11 Å². The summed E-state index contributed by atoms with van der Waals surface area (Å²) in [5.74, 6) is 0.616. The molecule has 0 atom stereocenters. The number of nitrogens with zero attached hydrogens (tertiary/aromatic N) is 2. The fraction of sp³-hybridized carbons (Fsp3) is 0. The Kier molecular flexibility index (Phi) is 8.11. The van der Waals surface area contributed by atoms with Crippen LogP contribution in [0.25, 0.3) is 0 Å². The van der Waals surface area contributed by atoms with E-state index in [-0.39, 0.29) is 5.75 Å². The van der Waals surface area contributed by atoms with Crippen molar-refractivity contribution in [2.24, 2.45) is 4.99 Å². The summed E-state index contributed by atoms with van der Waals surface area (Å²) >= 11 is 5.21. The third-order valence-corrected chi connectivity index (χ3v) is 2.31. The van der Waals surface area contributed by atoms with Crippen molar-refractivity contribution in [1.82, 2.24) is 4.98 Å². The third kappa shape index (κ3) is 5.94. The Hall–Kier alpha value is -0.576. The molecule has 2 aromatic rings. The molecule has 7 heteroatoms. The van der Waals surface area contributed by atoms with Crippen molar-refractivity contribution < 1.29 is 22.1 Å². The standard InChI is InChI=1S/C12H9ClN2O.2ClH.Ti/c13-10-5-3-4-9(12(10)16)8-15-11-6-1-2-7-14-11;;;/h1-8,16H;2*1H;/q;;;+2/p-2. The van der Waals surface area contributed by atoms with E-state index >= 15 is 0 Å². The number of halogens is 3. The Morgan fingerprint density at radius 1 is 1.16 bits per heavy atom. The summed E-state index contributed by atoms with van der Waals surface area (Å²) in [6.07, 6.45) is 3.19. The van der Waals surface area contributed by atoms with E-state index in [0.29, 0.717) is 16.4 Å². The van der Waals surface area contributed by atoms with Crippen LogP contribution in [0.1, 0.15) is 5.56 Å². The average Bonchev–Trinajstić information content (AvgIpc) is 2.43. The summed E-state index contributed by atoms with van der Waals surface area (Å²) in [6.45, 7) is 0. The molecule has 2 rings (SSSR count). The zero-order valence-electron chi connectivity index (χ0n) is 9.59. The van der Waals surface area contributed by atoms with Gasteiger partial charge in [-0.15, -0.1) is 0 Å². The van der Waals surface area contributed by atoms with Gasteiger partial charge in [-0.2, -0.15) is 0 Å². The molecule has 1 N–H and O–H groups in total. The van der Waals surface area contributed by atoms with Crippen molar-refractivity contribution in [3.05, 3.63) is 53.2 Å². The molecule has 0 aliphatic rings. The van der Waals surface area contributed by atoms with Crippen LogP contribution in [0.4, 0.5) is 5.82 Å². The predicted molar refractivity (Wildman–Crippen MR) is 76.3 cm³/mol. The van der Waals surface area contributed by atoms with Crippen molar-refractivity contribution in [1.29, 1.82) is 0 Å². The van der Waals surface area contributed by atoms with Gasteiger partial charge in [-0.25, -0.2) is 9.98 Å².